The number of fused-ring (bicyclic) bond motifs is 1. The second-order valence-corrected chi connectivity index (χ2v) is 5.31. The lowest BCUT2D eigenvalue weighted by atomic mass is 10.0. The number of carbonyl (C=O) groups is 2. The molecule has 1 N–H and O–H groups in total. The van der Waals surface area contributed by atoms with Crippen LogP contribution in [0.3, 0.4) is 0 Å². The third-order valence-electron chi connectivity index (χ3n) is 3.02. The molecule has 0 fully saturated rings. The molecule has 0 saturated heterocycles. The van der Waals surface area contributed by atoms with E-state index in [0.29, 0.717) is 22.6 Å². The van der Waals surface area contributed by atoms with Crippen LogP contribution < -0.4 is 0 Å². The molecule has 0 radical (unpaired) electrons. The van der Waals surface area contributed by atoms with Crippen LogP contribution in [-0.2, 0) is 6.42 Å². The first kappa shape index (κ1) is 13.5. The molecule has 0 aliphatic heterocycles. The molecule has 2 aromatic rings. The average Bonchev–Trinajstić information content (AvgIpc) is 2.67. The number of Topliss-reactive ketones (excluding diaryl/α,β-unsaturated/α-hetero) is 2. The molecule has 0 amide bonds. The predicted octanol–water partition coefficient (Wildman–Crippen LogP) is 3.17. The summed E-state index contributed by atoms with van der Waals surface area (Å²) in [6.07, 6.45) is 0.821. The van der Waals surface area contributed by atoms with Crippen LogP contribution in [0.15, 0.2) is 12.1 Å². The molecule has 19 heavy (non-hydrogen) atoms. The number of ketones is 2. The third-order valence-corrected chi connectivity index (χ3v) is 3.02. The largest absolute Gasteiger partial charge is 0.342 e. The molecule has 1 aromatic heterocycles. The highest BCUT2D eigenvalue weighted by molar-refractivity contribution is 6.08. The van der Waals surface area contributed by atoms with Crippen molar-refractivity contribution < 1.29 is 9.59 Å². The molecule has 0 aliphatic carbocycles. The van der Waals surface area contributed by atoms with Gasteiger partial charge in [-0.2, -0.15) is 0 Å². The van der Waals surface area contributed by atoms with E-state index in [1.807, 2.05) is 0 Å². The predicted molar refractivity (Wildman–Crippen MR) is 74.6 cm³/mol. The Bertz CT molecular complexity index is 653. The lowest BCUT2D eigenvalue weighted by Gasteiger charge is -2.01. The summed E-state index contributed by atoms with van der Waals surface area (Å²) in [5, 5.41) is 0. The summed E-state index contributed by atoms with van der Waals surface area (Å²) in [5.74, 6) is 1.21. The van der Waals surface area contributed by atoms with Gasteiger partial charge in [0, 0.05) is 17.5 Å². The van der Waals surface area contributed by atoms with Gasteiger partial charge in [-0.1, -0.05) is 13.8 Å². The number of H-pyrrole nitrogens is 1. The lowest BCUT2D eigenvalue weighted by molar-refractivity contribution is 0.101. The SMILES string of the molecule is CC(=O)c1cc(C(C)=O)c2nc(CC(C)C)[nH]c2c1. The molecule has 0 atom stereocenters. The molecule has 0 aliphatic rings. The van der Waals surface area contributed by atoms with Crippen molar-refractivity contribution in [2.45, 2.75) is 34.1 Å². The normalized spacial score (nSPS) is 11.2. The second kappa shape index (κ2) is 4.96. The molecular weight excluding hydrogens is 240 g/mol. The maximum atomic E-state index is 11.7. The highest BCUT2D eigenvalue weighted by Gasteiger charge is 2.14. The standard InChI is InChI=1S/C15H18N2O2/c1-8(2)5-14-16-13-7-11(9(3)18)6-12(10(4)19)15(13)17-14/h6-8H,5H2,1-4H3,(H,16,17). The minimum atomic E-state index is -0.0734. The number of aromatic amines is 1. The van der Waals surface area contributed by atoms with Crippen LogP contribution in [0, 0.1) is 5.92 Å². The number of rotatable bonds is 4. The average molecular weight is 258 g/mol. The fourth-order valence-electron chi connectivity index (χ4n) is 2.12. The van der Waals surface area contributed by atoms with E-state index >= 15 is 0 Å². The number of nitrogens with one attached hydrogen (secondary N) is 1. The first-order valence-corrected chi connectivity index (χ1v) is 6.43. The number of imidazole rings is 1. The van der Waals surface area contributed by atoms with Gasteiger partial charge in [-0.25, -0.2) is 4.98 Å². The summed E-state index contributed by atoms with van der Waals surface area (Å²) in [6, 6.07) is 3.40. The first-order chi connectivity index (χ1) is 8.88. The van der Waals surface area contributed by atoms with E-state index in [1.54, 1.807) is 12.1 Å². The van der Waals surface area contributed by atoms with Crippen LogP contribution in [-0.4, -0.2) is 21.5 Å². The zero-order valence-electron chi connectivity index (χ0n) is 11.7. The monoisotopic (exact) mass is 258 g/mol. The van der Waals surface area contributed by atoms with Gasteiger partial charge in [0.1, 0.15) is 5.82 Å². The maximum Gasteiger partial charge on any atom is 0.162 e. The number of nitrogens with zero attached hydrogens (tertiary/aromatic N) is 1. The minimum absolute atomic E-state index is 0.0515. The van der Waals surface area contributed by atoms with Crippen molar-refractivity contribution >= 4 is 22.6 Å². The van der Waals surface area contributed by atoms with Gasteiger partial charge < -0.3 is 4.98 Å². The summed E-state index contributed by atoms with van der Waals surface area (Å²) in [4.78, 5) is 30.9. The van der Waals surface area contributed by atoms with E-state index in [1.165, 1.54) is 13.8 Å². The third kappa shape index (κ3) is 2.72. The number of aromatic nitrogens is 2. The van der Waals surface area contributed by atoms with Crippen LogP contribution in [0.5, 0.6) is 0 Å². The number of hydrogen-bond donors (Lipinski definition) is 1. The van der Waals surface area contributed by atoms with Crippen molar-refractivity contribution in [3.63, 3.8) is 0 Å². The van der Waals surface area contributed by atoms with Crippen molar-refractivity contribution in [2.24, 2.45) is 5.92 Å². The Morgan fingerprint density at radius 3 is 2.42 bits per heavy atom. The summed E-state index contributed by atoms with van der Waals surface area (Å²) < 4.78 is 0. The Hall–Kier alpha value is -1.97. The minimum Gasteiger partial charge on any atom is -0.342 e. The van der Waals surface area contributed by atoms with E-state index in [0.717, 1.165) is 17.8 Å². The van der Waals surface area contributed by atoms with Gasteiger partial charge >= 0.3 is 0 Å². The zero-order valence-corrected chi connectivity index (χ0v) is 11.7. The maximum absolute atomic E-state index is 11.7. The second-order valence-electron chi connectivity index (χ2n) is 5.31. The smallest absolute Gasteiger partial charge is 0.162 e. The Balaban J connectivity index is 2.64. The number of benzene rings is 1. The number of carbonyl (C=O) groups excluding carboxylic acids is 2. The zero-order chi connectivity index (χ0) is 14.2. The Labute approximate surface area is 112 Å². The van der Waals surface area contributed by atoms with Gasteiger partial charge in [-0.15, -0.1) is 0 Å². The van der Waals surface area contributed by atoms with Crippen LogP contribution >= 0.6 is 0 Å². The molecule has 4 nitrogen and oxygen atoms in total. The molecule has 2 rings (SSSR count). The summed E-state index contributed by atoms with van der Waals surface area (Å²) >= 11 is 0. The van der Waals surface area contributed by atoms with Gasteiger partial charge in [0.15, 0.2) is 11.6 Å². The van der Waals surface area contributed by atoms with Crippen molar-refractivity contribution in [3.05, 3.63) is 29.1 Å². The first-order valence-electron chi connectivity index (χ1n) is 6.43. The summed E-state index contributed by atoms with van der Waals surface area (Å²) in [7, 11) is 0. The van der Waals surface area contributed by atoms with Crippen LogP contribution in [0.4, 0.5) is 0 Å². The van der Waals surface area contributed by atoms with Crippen molar-refractivity contribution in [3.8, 4) is 0 Å². The summed E-state index contributed by atoms with van der Waals surface area (Å²) in [6.45, 7) is 7.21. The van der Waals surface area contributed by atoms with Gasteiger partial charge in [0.05, 0.1) is 11.0 Å². The fraction of sp³-hybridized carbons (Fsp3) is 0.400. The van der Waals surface area contributed by atoms with Crippen LogP contribution in [0.2, 0.25) is 0 Å². The number of hydrogen-bond acceptors (Lipinski definition) is 3. The topological polar surface area (TPSA) is 62.8 Å². The van der Waals surface area contributed by atoms with Gasteiger partial charge in [-0.05, 0) is 31.9 Å². The lowest BCUT2D eigenvalue weighted by Crippen LogP contribution is -1.99. The van der Waals surface area contributed by atoms with Crippen molar-refractivity contribution in [1.82, 2.24) is 9.97 Å². The molecule has 0 unspecified atom stereocenters. The molecule has 4 heteroatoms. The molecule has 100 valence electrons. The van der Waals surface area contributed by atoms with E-state index in [-0.39, 0.29) is 11.6 Å². The Kier molecular flexibility index (Phi) is 3.51. The summed E-state index contributed by atoms with van der Waals surface area (Å²) in [5.41, 5.74) is 2.47. The van der Waals surface area contributed by atoms with E-state index < -0.39 is 0 Å². The Morgan fingerprint density at radius 1 is 1.21 bits per heavy atom. The van der Waals surface area contributed by atoms with E-state index in [9.17, 15) is 9.59 Å². The van der Waals surface area contributed by atoms with Gasteiger partial charge in [-0.3, -0.25) is 9.59 Å². The molecule has 1 heterocycles. The fourth-order valence-corrected chi connectivity index (χ4v) is 2.12. The van der Waals surface area contributed by atoms with Gasteiger partial charge in [0.25, 0.3) is 0 Å². The highest BCUT2D eigenvalue weighted by atomic mass is 16.1. The quantitative estimate of drug-likeness (QED) is 0.857. The van der Waals surface area contributed by atoms with E-state index in [4.69, 9.17) is 0 Å². The van der Waals surface area contributed by atoms with Crippen LogP contribution in [0.1, 0.15) is 54.2 Å². The Morgan fingerprint density at radius 2 is 1.89 bits per heavy atom. The molecule has 0 spiro atoms. The highest BCUT2D eigenvalue weighted by Crippen LogP contribution is 2.21. The molecule has 1 aromatic carbocycles. The molecule has 0 bridgehead atoms. The van der Waals surface area contributed by atoms with Gasteiger partial charge in [0.2, 0.25) is 0 Å². The molecular formula is C15H18N2O2. The molecule has 0 saturated carbocycles. The van der Waals surface area contributed by atoms with Crippen LogP contribution in [0.25, 0.3) is 11.0 Å². The van der Waals surface area contributed by atoms with Crippen molar-refractivity contribution in [1.29, 1.82) is 0 Å². The van der Waals surface area contributed by atoms with E-state index in [2.05, 4.69) is 23.8 Å². The van der Waals surface area contributed by atoms with Crippen molar-refractivity contribution in [2.75, 3.05) is 0 Å².